The van der Waals surface area contributed by atoms with Crippen LogP contribution in [0.25, 0.3) is 0 Å². The molecule has 36 heavy (non-hydrogen) atoms. The van der Waals surface area contributed by atoms with E-state index in [1.165, 1.54) is 6.92 Å². The molecule has 11 heteroatoms. The number of hydrogen-bond acceptors (Lipinski definition) is 11. The van der Waals surface area contributed by atoms with Gasteiger partial charge in [0.25, 0.3) is 0 Å². The lowest BCUT2D eigenvalue weighted by Crippen LogP contribution is -2.43. The molecule has 0 aromatic heterocycles. The molecule has 11 nitrogen and oxygen atoms in total. The Kier molecular flexibility index (Phi) is 5.41. The molecule has 0 saturated carbocycles. The zero-order valence-corrected chi connectivity index (χ0v) is 20.3. The van der Waals surface area contributed by atoms with Crippen LogP contribution in [-0.4, -0.2) is 59.7 Å². The van der Waals surface area contributed by atoms with Crippen molar-refractivity contribution < 1.29 is 52.2 Å². The van der Waals surface area contributed by atoms with Crippen LogP contribution in [0.15, 0.2) is 18.2 Å². The first-order valence-electron chi connectivity index (χ1n) is 11.5. The van der Waals surface area contributed by atoms with Crippen LogP contribution in [0.4, 0.5) is 0 Å². The summed E-state index contributed by atoms with van der Waals surface area (Å²) in [6.07, 6.45) is -1.28. The maximum atomic E-state index is 12.4. The van der Waals surface area contributed by atoms with Crippen molar-refractivity contribution in [2.75, 3.05) is 48.1 Å². The molecule has 0 bridgehead atoms. The van der Waals surface area contributed by atoms with Crippen LogP contribution < -0.4 is 33.2 Å². The lowest BCUT2D eigenvalue weighted by molar-refractivity contribution is -0.167. The highest BCUT2D eigenvalue weighted by Gasteiger charge is 2.64. The number of ether oxygens (including phenoxy) is 10. The van der Waals surface area contributed by atoms with Gasteiger partial charge in [-0.15, -0.1) is 0 Å². The van der Waals surface area contributed by atoms with Crippen molar-refractivity contribution in [3.63, 3.8) is 0 Å². The van der Waals surface area contributed by atoms with Gasteiger partial charge < -0.3 is 47.4 Å². The van der Waals surface area contributed by atoms with E-state index >= 15 is 0 Å². The topological polar surface area (TPSA) is 109 Å². The molecule has 0 amide bonds. The summed E-state index contributed by atoms with van der Waals surface area (Å²) in [6.45, 7) is 1.86. The van der Waals surface area contributed by atoms with Crippen LogP contribution in [0.3, 0.4) is 0 Å². The first-order chi connectivity index (χ1) is 17.5. The van der Waals surface area contributed by atoms with E-state index in [1.807, 2.05) is 0 Å². The van der Waals surface area contributed by atoms with Crippen molar-refractivity contribution in [3.8, 4) is 40.2 Å². The number of rotatable bonds is 6. The lowest BCUT2D eigenvalue weighted by atomic mass is 9.79. The van der Waals surface area contributed by atoms with Gasteiger partial charge in [-0.2, -0.15) is 0 Å². The molecule has 0 unspecified atom stereocenters. The fraction of sp³-hybridized carbons (Fsp3) is 0.480. The Bertz CT molecular complexity index is 1210. The van der Waals surface area contributed by atoms with Crippen molar-refractivity contribution in [1.82, 2.24) is 0 Å². The summed E-state index contributed by atoms with van der Waals surface area (Å²) in [5, 5.41) is 0. The number of benzene rings is 2. The Labute approximate surface area is 207 Å². The third-order valence-corrected chi connectivity index (χ3v) is 7.04. The van der Waals surface area contributed by atoms with Gasteiger partial charge in [0.15, 0.2) is 28.6 Å². The monoisotopic (exact) mass is 502 g/mol. The Balaban J connectivity index is 1.46. The molecule has 2 fully saturated rings. The summed E-state index contributed by atoms with van der Waals surface area (Å²) >= 11 is 0. The average molecular weight is 502 g/mol. The second-order valence-corrected chi connectivity index (χ2v) is 8.81. The second kappa shape index (κ2) is 8.52. The van der Waals surface area contributed by atoms with Crippen LogP contribution >= 0.6 is 0 Å². The van der Waals surface area contributed by atoms with Gasteiger partial charge in [-0.25, -0.2) is 0 Å². The van der Waals surface area contributed by atoms with Gasteiger partial charge in [0.2, 0.25) is 19.3 Å². The molecular formula is C25H26O11. The van der Waals surface area contributed by atoms with E-state index < -0.39 is 29.7 Å². The van der Waals surface area contributed by atoms with E-state index in [0.717, 1.165) is 0 Å². The standard InChI is InChI=1S/C25H26O11/c1-12(26)36-25-9-31-21(20-18(28-3)7-19-22(23(20)29-4)35-11-34-19)14(25)8-30-24(25)13-5-16-17(33-10-32-16)6-15(13)27-2/h5-7,14,21,24H,8-11H2,1-4H3/t14-,21+,24-,25-/m1/s1. The fourth-order valence-electron chi connectivity index (χ4n) is 5.57. The minimum absolute atomic E-state index is 0.0692. The quantitative estimate of drug-likeness (QED) is 0.544. The zero-order valence-electron chi connectivity index (χ0n) is 20.3. The van der Waals surface area contributed by atoms with Gasteiger partial charge in [-0.05, 0) is 6.07 Å². The third-order valence-electron chi connectivity index (χ3n) is 7.04. The summed E-state index contributed by atoms with van der Waals surface area (Å²) < 4.78 is 58.1. The van der Waals surface area contributed by atoms with E-state index in [2.05, 4.69) is 0 Å². The van der Waals surface area contributed by atoms with Crippen LogP contribution in [0.1, 0.15) is 30.3 Å². The third kappa shape index (κ3) is 3.22. The van der Waals surface area contributed by atoms with Crippen LogP contribution in [0.5, 0.6) is 40.2 Å². The van der Waals surface area contributed by atoms with Gasteiger partial charge in [0.05, 0.1) is 52.1 Å². The molecule has 4 atom stereocenters. The van der Waals surface area contributed by atoms with Gasteiger partial charge in [0, 0.05) is 24.6 Å². The van der Waals surface area contributed by atoms with Crippen molar-refractivity contribution in [2.24, 2.45) is 5.92 Å². The minimum atomic E-state index is -1.15. The van der Waals surface area contributed by atoms with Crippen molar-refractivity contribution in [3.05, 3.63) is 29.3 Å². The van der Waals surface area contributed by atoms with Crippen molar-refractivity contribution in [1.29, 1.82) is 0 Å². The number of carbonyl (C=O) groups excluding carboxylic acids is 1. The predicted molar refractivity (Wildman–Crippen MR) is 120 cm³/mol. The van der Waals surface area contributed by atoms with Crippen LogP contribution in [0, 0.1) is 5.92 Å². The Morgan fingerprint density at radius 2 is 1.58 bits per heavy atom. The summed E-state index contributed by atoms with van der Waals surface area (Å²) in [5.74, 6) is 2.73. The van der Waals surface area contributed by atoms with E-state index in [1.54, 1.807) is 39.5 Å². The predicted octanol–water partition coefficient (Wildman–Crippen LogP) is 2.93. The molecule has 0 aliphatic carbocycles. The average Bonchev–Trinajstić information content (AvgIpc) is 3.65. The minimum Gasteiger partial charge on any atom is -0.496 e. The van der Waals surface area contributed by atoms with Gasteiger partial charge in [-0.1, -0.05) is 0 Å². The number of methoxy groups -OCH3 is 3. The molecule has 4 aliphatic rings. The van der Waals surface area contributed by atoms with Gasteiger partial charge >= 0.3 is 5.97 Å². The highest BCUT2D eigenvalue weighted by Crippen LogP contribution is 2.61. The van der Waals surface area contributed by atoms with Crippen molar-refractivity contribution >= 4 is 5.97 Å². The van der Waals surface area contributed by atoms with E-state index in [4.69, 9.17) is 47.4 Å². The highest BCUT2D eigenvalue weighted by molar-refractivity contribution is 5.68. The summed E-state index contributed by atoms with van der Waals surface area (Å²) in [6, 6.07) is 5.28. The number of esters is 1. The van der Waals surface area contributed by atoms with Gasteiger partial charge in [-0.3, -0.25) is 4.79 Å². The largest absolute Gasteiger partial charge is 0.496 e. The molecule has 2 aromatic rings. The number of hydrogen-bond donors (Lipinski definition) is 0. The zero-order chi connectivity index (χ0) is 25.0. The number of carbonyl (C=O) groups is 1. The fourth-order valence-corrected chi connectivity index (χ4v) is 5.57. The maximum Gasteiger partial charge on any atom is 0.303 e. The van der Waals surface area contributed by atoms with Gasteiger partial charge in [0.1, 0.15) is 17.6 Å². The Morgan fingerprint density at radius 3 is 2.31 bits per heavy atom. The first-order valence-corrected chi connectivity index (χ1v) is 11.5. The molecule has 0 radical (unpaired) electrons. The summed E-state index contributed by atoms with van der Waals surface area (Å²) in [5.41, 5.74) is 0.147. The Morgan fingerprint density at radius 1 is 0.889 bits per heavy atom. The highest BCUT2D eigenvalue weighted by atomic mass is 16.7. The van der Waals surface area contributed by atoms with E-state index in [9.17, 15) is 4.79 Å². The van der Waals surface area contributed by atoms with Crippen LogP contribution in [0.2, 0.25) is 0 Å². The second-order valence-electron chi connectivity index (χ2n) is 8.81. The molecule has 2 saturated heterocycles. The molecule has 192 valence electrons. The maximum absolute atomic E-state index is 12.4. The molecule has 6 rings (SSSR count). The normalized spacial score (nSPS) is 27.1. The molecule has 0 spiro atoms. The molecule has 4 heterocycles. The SMILES string of the molecule is COc1cc2c(cc1[C@H]1OC[C@@H]3[C@@H](c4c(OC)cc5c(c4OC)OCO5)OC[C@]13OC(C)=O)OCO2. The molecule has 0 N–H and O–H groups in total. The summed E-state index contributed by atoms with van der Waals surface area (Å²) in [7, 11) is 4.66. The smallest absolute Gasteiger partial charge is 0.303 e. The van der Waals surface area contributed by atoms with Crippen LogP contribution in [-0.2, 0) is 19.0 Å². The molecular weight excluding hydrogens is 476 g/mol. The van der Waals surface area contributed by atoms with E-state index in [-0.39, 0.29) is 26.8 Å². The number of fused-ring (bicyclic) bond motifs is 3. The summed E-state index contributed by atoms with van der Waals surface area (Å²) in [4.78, 5) is 12.4. The van der Waals surface area contributed by atoms with Crippen molar-refractivity contribution in [2.45, 2.75) is 24.7 Å². The Hall–Kier alpha value is -3.57. The van der Waals surface area contributed by atoms with E-state index in [0.29, 0.717) is 51.4 Å². The lowest BCUT2D eigenvalue weighted by Gasteiger charge is -2.33. The first kappa shape index (κ1) is 22.9. The molecule has 2 aromatic carbocycles. The molecule has 4 aliphatic heterocycles.